The van der Waals surface area contributed by atoms with Crippen molar-refractivity contribution in [2.24, 2.45) is 0 Å². The van der Waals surface area contributed by atoms with Gasteiger partial charge in [-0.3, -0.25) is 4.79 Å². The number of amides is 1. The van der Waals surface area contributed by atoms with Gasteiger partial charge in [-0.05, 0) is 31.5 Å². The number of carbonyl (C=O) groups excluding carboxylic acids is 1. The third-order valence-electron chi connectivity index (χ3n) is 6.99. The first-order valence-electron chi connectivity index (χ1n) is 11.7. The van der Waals surface area contributed by atoms with Gasteiger partial charge in [0, 0.05) is 46.1 Å². The van der Waals surface area contributed by atoms with Gasteiger partial charge in [0.1, 0.15) is 17.2 Å². The minimum absolute atomic E-state index is 0.0264. The van der Waals surface area contributed by atoms with Gasteiger partial charge >= 0.3 is 6.61 Å². The fourth-order valence-electron chi connectivity index (χ4n) is 5.31. The van der Waals surface area contributed by atoms with Gasteiger partial charge in [0.2, 0.25) is 0 Å². The fraction of sp³-hybridized carbons (Fsp3) is 0.269. The highest BCUT2D eigenvalue weighted by molar-refractivity contribution is 5.98. The van der Waals surface area contributed by atoms with Gasteiger partial charge in [-0.25, -0.2) is 18.9 Å². The van der Waals surface area contributed by atoms with Crippen molar-refractivity contribution >= 4 is 11.4 Å². The summed E-state index contributed by atoms with van der Waals surface area (Å²) in [5.74, 6) is -1.62. The average molecular weight is 520 g/mol. The van der Waals surface area contributed by atoms with Crippen molar-refractivity contribution in [3.05, 3.63) is 76.9 Å². The number of rotatable bonds is 5. The van der Waals surface area contributed by atoms with E-state index in [1.54, 1.807) is 12.1 Å². The van der Waals surface area contributed by atoms with Crippen molar-refractivity contribution in [2.45, 2.75) is 43.9 Å². The van der Waals surface area contributed by atoms with Crippen LogP contribution in [0.2, 0.25) is 0 Å². The number of carbonyl (C=O) groups is 1. The summed E-state index contributed by atoms with van der Waals surface area (Å²) in [6, 6.07) is 7.39. The lowest BCUT2D eigenvalue weighted by Crippen LogP contribution is -2.27. The van der Waals surface area contributed by atoms with E-state index in [-0.39, 0.29) is 29.1 Å². The molecule has 1 aliphatic heterocycles. The number of alkyl halides is 2. The summed E-state index contributed by atoms with van der Waals surface area (Å²) in [6.07, 6.45) is 4.07. The maximum Gasteiger partial charge on any atom is 0.387 e. The molecule has 0 saturated carbocycles. The van der Waals surface area contributed by atoms with Crippen LogP contribution in [0.5, 0.6) is 5.75 Å². The van der Waals surface area contributed by atoms with Crippen LogP contribution in [0.15, 0.2) is 42.9 Å². The molecule has 12 heteroatoms. The highest BCUT2D eigenvalue weighted by Crippen LogP contribution is 2.51. The number of ether oxygens (including phenoxy) is 1. The predicted molar refractivity (Wildman–Crippen MR) is 126 cm³/mol. The van der Waals surface area contributed by atoms with Crippen molar-refractivity contribution < 1.29 is 27.8 Å². The Morgan fingerprint density at radius 3 is 2.76 bits per heavy atom. The minimum atomic E-state index is -3.08. The Kier molecular flexibility index (Phi) is 5.36. The summed E-state index contributed by atoms with van der Waals surface area (Å²) in [7, 11) is 0. The molecule has 2 aliphatic rings. The predicted octanol–water partition coefficient (Wildman–Crippen LogP) is 3.97. The third-order valence-corrected chi connectivity index (χ3v) is 6.99. The van der Waals surface area contributed by atoms with Crippen molar-refractivity contribution in [3.63, 3.8) is 0 Å². The Labute approximate surface area is 213 Å². The first-order valence-corrected chi connectivity index (χ1v) is 11.7. The molecule has 2 bridgehead atoms. The number of pyridine rings is 1. The summed E-state index contributed by atoms with van der Waals surface area (Å²) in [5.41, 5.74) is 1.22. The lowest BCUT2D eigenvalue weighted by atomic mass is 9.88. The van der Waals surface area contributed by atoms with E-state index in [1.807, 2.05) is 6.07 Å². The van der Waals surface area contributed by atoms with Gasteiger partial charge in [-0.2, -0.15) is 19.1 Å². The van der Waals surface area contributed by atoms with Gasteiger partial charge in [0.25, 0.3) is 5.91 Å². The van der Waals surface area contributed by atoms with Crippen molar-refractivity contribution in [2.75, 3.05) is 0 Å². The lowest BCUT2D eigenvalue weighted by Gasteiger charge is -2.19. The van der Waals surface area contributed by atoms with Crippen LogP contribution in [-0.2, 0) is 5.60 Å². The van der Waals surface area contributed by atoms with E-state index >= 15 is 4.39 Å². The molecule has 0 saturated heterocycles. The van der Waals surface area contributed by atoms with E-state index in [1.165, 1.54) is 42.2 Å². The molecule has 0 unspecified atom stereocenters. The highest BCUT2D eigenvalue weighted by atomic mass is 19.3. The Bertz CT molecular complexity index is 1640. The Balaban J connectivity index is 1.49. The molecular formula is C26H19F3N6O3. The lowest BCUT2D eigenvalue weighted by molar-refractivity contribution is -0.0505. The number of nitriles is 1. The number of nitrogens with one attached hydrogen (secondary N) is 1. The van der Waals surface area contributed by atoms with Crippen molar-refractivity contribution in [3.8, 4) is 22.9 Å². The summed E-state index contributed by atoms with van der Waals surface area (Å²) < 4.78 is 47.8. The van der Waals surface area contributed by atoms with Crippen LogP contribution in [0.1, 0.15) is 64.7 Å². The fourth-order valence-corrected chi connectivity index (χ4v) is 5.31. The summed E-state index contributed by atoms with van der Waals surface area (Å²) in [5, 5.41) is 26.7. The second-order valence-corrected chi connectivity index (χ2v) is 9.48. The summed E-state index contributed by atoms with van der Waals surface area (Å²) in [6.45, 7) is -1.66. The zero-order chi connectivity index (χ0) is 26.8. The number of hydrogen-bond donors (Lipinski definition) is 2. The molecule has 1 aromatic carbocycles. The molecule has 0 fully saturated rings. The normalized spacial score (nSPS) is 19.3. The molecule has 3 atom stereocenters. The van der Waals surface area contributed by atoms with Crippen LogP contribution < -0.4 is 10.1 Å². The zero-order valence-electron chi connectivity index (χ0n) is 19.8. The molecule has 9 nitrogen and oxygen atoms in total. The van der Waals surface area contributed by atoms with Crippen molar-refractivity contribution in [1.29, 1.82) is 5.26 Å². The van der Waals surface area contributed by atoms with Crippen molar-refractivity contribution in [1.82, 2.24) is 24.9 Å². The molecule has 0 radical (unpaired) electrons. The molecule has 3 aromatic heterocycles. The quantitative estimate of drug-likeness (QED) is 0.408. The number of nitrogens with zero attached hydrogens (tertiary/aromatic N) is 5. The van der Waals surface area contributed by atoms with Crippen LogP contribution in [0.3, 0.4) is 0 Å². The smallest absolute Gasteiger partial charge is 0.387 e. The molecule has 6 rings (SSSR count). The molecule has 4 aromatic rings. The first-order chi connectivity index (χ1) is 18.2. The second kappa shape index (κ2) is 8.53. The number of aliphatic hydroxyl groups is 1. The maximum absolute atomic E-state index is 15.2. The molecule has 1 aliphatic carbocycles. The second-order valence-electron chi connectivity index (χ2n) is 9.48. The van der Waals surface area contributed by atoms with Gasteiger partial charge in [0.05, 0.1) is 35.9 Å². The number of fused-ring (bicyclic) bond motifs is 9. The minimum Gasteiger partial charge on any atom is -0.434 e. The summed E-state index contributed by atoms with van der Waals surface area (Å²) >= 11 is 0. The van der Waals surface area contributed by atoms with Crippen LogP contribution in [0.25, 0.3) is 16.6 Å². The van der Waals surface area contributed by atoms with Crippen LogP contribution in [0.4, 0.5) is 13.2 Å². The monoisotopic (exact) mass is 520 g/mol. The van der Waals surface area contributed by atoms with Gasteiger partial charge in [-0.1, -0.05) is 6.07 Å². The van der Waals surface area contributed by atoms with E-state index in [9.17, 15) is 18.7 Å². The first kappa shape index (κ1) is 23.9. The van der Waals surface area contributed by atoms with E-state index in [4.69, 9.17) is 10.00 Å². The Morgan fingerprint density at radius 1 is 1.29 bits per heavy atom. The Morgan fingerprint density at radius 2 is 2.05 bits per heavy atom. The molecule has 192 valence electrons. The van der Waals surface area contributed by atoms with Gasteiger partial charge in [-0.15, -0.1) is 0 Å². The SMILES string of the molecule is C[C@](O)(CC#N)c1ncc(-c2cc3c4c(nn3cc2F)[C@H]2C[C@@H]4c3c(OC(F)F)cccc3C(=O)N2)cn1. The van der Waals surface area contributed by atoms with Gasteiger partial charge in [0.15, 0.2) is 5.82 Å². The van der Waals surface area contributed by atoms with E-state index in [0.29, 0.717) is 34.3 Å². The molecule has 4 heterocycles. The zero-order valence-corrected chi connectivity index (χ0v) is 19.8. The Hall–Kier alpha value is -4.50. The number of aromatic nitrogens is 4. The van der Waals surface area contributed by atoms with E-state index < -0.39 is 35.9 Å². The molecule has 0 spiro atoms. The van der Waals surface area contributed by atoms with E-state index in [0.717, 1.165) is 0 Å². The average Bonchev–Trinajstić information content (AvgIpc) is 3.34. The molecule has 38 heavy (non-hydrogen) atoms. The highest BCUT2D eigenvalue weighted by Gasteiger charge is 2.43. The standard InChI is InChI=1S/C26H19F3N6O3/c1-26(37,5-6-30)24-31-9-12(10-32-24)14-8-18-21-15-7-17(22(21)34-35(18)11-16(14)27)33-23(36)13-3-2-4-19(20(13)15)38-25(28)29/h2-4,8-11,15,17,25,37H,5,7H2,1H3,(H,33,36)/t15-,17-,26+/m1/s1. The number of benzene rings is 1. The molecular weight excluding hydrogens is 501 g/mol. The number of hydrogen-bond acceptors (Lipinski definition) is 7. The maximum atomic E-state index is 15.2. The van der Waals surface area contributed by atoms with Crippen LogP contribution in [0, 0.1) is 17.1 Å². The molecule has 2 N–H and O–H groups in total. The third kappa shape index (κ3) is 3.66. The van der Waals surface area contributed by atoms with Crippen LogP contribution >= 0.6 is 0 Å². The number of halogens is 3. The summed E-state index contributed by atoms with van der Waals surface area (Å²) in [4.78, 5) is 21.2. The topological polar surface area (TPSA) is 125 Å². The molecule has 1 amide bonds. The van der Waals surface area contributed by atoms with Crippen LogP contribution in [-0.4, -0.2) is 37.2 Å². The van der Waals surface area contributed by atoms with Gasteiger partial charge < -0.3 is 15.2 Å². The largest absolute Gasteiger partial charge is 0.434 e. The van der Waals surface area contributed by atoms with E-state index in [2.05, 4.69) is 20.4 Å².